The summed E-state index contributed by atoms with van der Waals surface area (Å²) in [6.45, 7) is 2.61. The second-order valence-electron chi connectivity index (χ2n) is 3.85. The van der Waals surface area contributed by atoms with E-state index in [2.05, 4.69) is 4.74 Å². The van der Waals surface area contributed by atoms with Crippen molar-refractivity contribution in [3.05, 3.63) is 41.5 Å². The average Bonchev–Trinajstić information content (AvgIpc) is 2.74. The Kier molecular flexibility index (Phi) is 3.23. The number of imide groups is 1. The molecule has 0 bridgehead atoms. The molecular formula is C13H13NO3. The lowest BCUT2D eigenvalue weighted by molar-refractivity contribution is -0.122. The largest absolute Gasteiger partial charge is 0.447 e. The summed E-state index contributed by atoms with van der Waals surface area (Å²) < 4.78 is 4.69. The Morgan fingerprint density at radius 1 is 1.35 bits per heavy atom. The quantitative estimate of drug-likeness (QED) is 0.731. The first-order chi connectivity index (χ1) is 8.16. The molecule has 1 aliphatic rings. The van der Waals surface area contributed by atoms with Crippen LogP contribution in [0.2, 0.25) is 0 Å². The number of amides is 2. The first kappa shape index (κ1) is 11.4. The Balaban J connectivity index is 2.03. The summed E-state index contributed by atoms with van der Waals surface area (Å²) >= 11 is 0. The summed E-state index contributed by atoms with van der Waals surface area (Å²) in [6, 6.07) is 7.77. The van der Waals surface area contributed by atoms with Gasteiger partial charge in [-0.1, -0.05) is 29.8 Å². The van der Waals surface area contributed by atoms with E-state index in [0.29, 0.717) is 6.54 Å². The van der Waals surface area contributed by atoms with E-state index in [1.807, 2.05) is 31.2 Å². The highest BCUT2D eigenvalue weighted by Crippen LogP contribution is 2.08. The average molecular weight is 231 g/mol. The van der Waals surface area contributed by atoms with Gasteiger partial charge in [-0.3, -0.25) is 4.79 Å². The highest BCUT2D eigenvalue weighted by molar-refractivity contribution is 6.01. The summed E-state index contributed by atoms with van der Waals surface area (Å²) in [5, 5.41) is 0. The Morgan fingerprint density at radius 3 is 2.65 bits per heavy atom. The predicted molar refractivity (Wildman–Crippen MR) is 63.3 cm³/mol. The summed E-state index contributed by atoms with van der Waals surface area (Å²) in [5.41, 5.74) is 2.09. The van der Waals surface area contributed by atoms with Crippen LogP contribution in [0.25, 0.3) is 6.08 Å². The van der Waals surface area contributed by atoms with E-state index in [1.165, 1.54) is 6.08 Å². The van der Waals surface area contributed by atoms with Gasteiger partial charge in [-0.25, -0.2) is 9.69 Å². The fourth-order valence-corrected chi connectivity index (χ4v) is 1.53. The van der Waals surface area contributed by atoms with Gasteiger partial charge in [0.1, 0.15) is 6.61 Å². The van der Waals surface area contributed by atoms with Gasteiger partial charge < -0.3 is 4.74 Å². The van der Waals surface area contributed by atoms with E-state index < -0.39 is 6.09 Å². The maximum Gasteiger partial charge on any atom is 0.416 e. The van der Waals surface area contributed by atoms with Crippen molar-refractivity contribution in [3.63, 3.8) is 0 Å². The summed E-state index contributed by atoms with van der Waals surface area (Å²) in [7, 11) is 0. The molecule has 0 atom stereocenters. The zero-order valence-electron chi connectivity index (χ0n) is 9.55. The summed E-state index contributed by atoms with van der Waals surface area (Å²) in [5.74, 6) is -0.340. The van der Waals surface area contributed by atoms with Crippen LogP contribution in [0.3, 0.4) is 0 Å². The molecule has 0 unspecified atom stereocenters. The first-order valence-corrected chi connectivity index (χ1v) is 5.40. The maximum atomic E-state index is 11.6. The lowest BCUT2D eigenvalue weighted by Gasteiger charge is -2.06. The Labute approximate surface area is 99.5 Å². The van der Waals surface area contributed by atoms with Gasteiger partial charge in [0.15, 0.2) is 0 Å². The molecule has 0 radical (unpaired) electrons. The minimum atomic E-state index is -0.566. The highest BCUT2D eigenvalue weighted by Gasteiger charge is 2.26. The zero-order valence-corrected chi connectivity index (χ0v) is 9.55. The first-order valence-electron chi connectivity index (χ1n) is 5.40. The van der Waals surface area contributed by atoms with Crippen LogP contribution in [-0.4, -0.2) is 30.1 Å². The van der Waals surface area contributed by atoms with Gasteiger partial charge in [0.2, 0.25) is 0 Å². The molecule has 88 valence electrons. The number of ether oxygens (including phenoxy) is 1. The third-order valence-electron chi connectivity index (χ3n) is 2.52. The fourth-order valence-electron chi connectivity index (χ4n) is 1.53. The normalized spacial score (nSPS) is 15.4. The molecule has 0 aromatic heterocycles. The molecule has 0 spiro atoms. The van der Waals surface area contributed by atoms with Crippen LogP contribution in [-0.2, 0) is 9.53 Å². The zero-order chi connectivity index (χ0) is 12.3. The Morgan fingerprint density at radius 2 is 2.06 bits per heavy atom. The number of hydrogen-bond donors (Lipinski definition) is 0. The number of rotatable bonds is 2. The molecule has 0 aliphatic carbocycles. The van der Waals surface area contributed by atoms with E-state index in [0.717, 1.165) is 16.0 Å². The van der Waals surface area contributed by atoms with Gasteiger partial charge in [-0.2, -0.15) is 0 Å². The predicted octanol–water partition coefficient (Wildman–Crippen LogP) is 1.99. The monoisotopic (exact) mass is 231 g/mol. The molecule has 1 aromatic rings. The Bertz CT molecular complexity index is 462. The minimum Gasteiger partial charge on any atom is -0.447 e. The van der Waals surface area contributed by atoms with Crippen molar-refractivity contribution in [2.45, 2.75) is 6.92 Å². The van der Waals surface area contributed by atoms with Crippen molar-refractivity contribution in [2.75, 3.05) is 13.2 Å². The highest BCUT2D eigenvalue weighted by atomic mass is 16.6. The maximum absolute atomic E-state index is 11.6. The van der Waals surface area contributed by atoms with Crippen LogP contribution < -0.4 is 0 Å². The third kappa shape index (κ3) is 2.72. The van der Waals surface area contributed by atoms with Gasteiger partial charge in [0, 0.05) is 6.08 Å². The number of carbonyl (C=O) groups excluding carboxylic acids is 2. The number of aryl methyl sites for hydroxylation is 1. The van der Waals surface area contributed by atoms with Gasteiger partial charge >= 0.3 is 6.09 Å². The molecule has 1 heterocycles. The molecule has 2 rings (SSSR count). The van der Waals surface area contributed by atoms with E-state index in [9.17, 15) is 9.59 Å². The second kappa shape index (κ2) is 4.82. The van der Waals surface area contributed by atoms with E-state index in [-0.39, 0.29) is 12.5 Å². The van der Waals surface area contributed by atoms with Crippen LogP contribution in [0.5, 0.6) is 0 Å². The molecule has 17 heavy (non-hydrogen) atoms. The lowest BCUT2D eigenvalue weighted by atomic mass is 10.1. The number of cyclic esters (lactones) is 1. The number of nitrogens with zero attached hydrogens (tertiary/aromatic N) is 1. The minimum absolute atomic E-state index is 0.281. The van der Waals surface area contributed by atoms with Crippen molar-refractivity contribution in [2.24, 2.45) is 0 Å². The van der Waals surface area contributed by atoms with Crippen molar-refractivity contribution in [3.8, 4) is 0 Å². The van der Waals surface area contributed by atoms with Crippen molar-refractivity contribution in [1.82, 2.24) is 4.90 Å². The molecule has 1 saturated heterocycles. The van der Waals surface area contributed by atoms with Crippen molar-refractivity contribution < 1.29 is 14.3 Å². The molecular weight excluding hydrogens is 218 g/mol. The molecule has 1 fully saturated rings. The van der Waals surface area contributed by atoms with E-state index >= 15 is 0 Å². The second-order valence-corrected chi connectivity index (χ2v) is 3.85. The van der Waals surface area contributed by atoms with Gasteiger partial charge in [-0.05, 0) is 18.6 Å². The van der Waals surface area contributed by atoms with Gasteiger partial charge in [-0.15, -0.1) is 0 Å². The van der Waals surface area contributed by atoms with Crippen LogP contribution >= 0.6 is 0 Å². The topological polar surface area (TPSA) is 46.6 Å². The fraction of sp³-hybridized carbons (Fsp3) is 0.231. The molecule has 0 N–H and O–H groups in total. The SMILES string of the molecule is Cc1ccc(C=CC(=O)N2CCOC2=O)cc1. The lowest BCUT2D eigenvalue weighted by Crippen LogP contribution is -2.29. The van der Waals surface area contributed by atoms with Crippen LogP contribution in [0, 0.1) is 6.92 Å². The number of benzene rings is 1. The van der Waals surface area contributed by atoms with Gasteiger partial charge in [0.25, 0.3) is 5.91 Å². The van der Waals surface area contributed by atoms with E-state index in [1.54, 1.807) is 6.08 Å². The van der Waals surface area contributed by atoms with Crippen LogP contribution in [0.1, 0.15) is 11.1 Å². The standard InChI is InChI=1S/C13H13NO3/c1-10-2-4-11(5-3-10)6-7-12(15)14-8-9-17-13(14)16/h2-7H,8-9H2,1H3. The molecule has 1 aliphatic heterocycles. The molecule has 4 nitrogen and oxygen atoms in total. The van der Waals surface area contributed by atoms with E-state index in [4.69, 9.17) is 0 Å². The number of carbonyl (C=O) groups is 2. The van der Waals surface area contributed by atoms with Crippen molar-refractivity contribution >= 4 is 18.1 Å². The number of hydrogen-bond acceptors (Lipinski definition) is 3. The molecule has 1 aromatic carbocycles. The van der Waals surface area contributed by atoms with Crippen LogP contribution in [0.15, 0.2) is 30.3 Å². The third-order valence-corrected chi connectivity index (χ3v) is 2.52. The van der Waals surface area contributed by atoms with Crippen LogP contribution in [0.4, 0.5) is 4.79 Å². The Hall–Kier alpha value is -2.10. The molecule has 0 saturated carbocycles. The van der Waals surface area contributed by atoms with Gasteiger partial charge in [0.05, 0.1) is 6.54 Å². The van der Waals surface area contributed by atoms with Crippen molar-refractivity contribution in [1.29, 1.82) is 0 Å². The molecule has 2 amide bonds. The molecule has 4 heteroatoms. The summed E-state index contributed by atoms with van der Waals surface area (Å²) in [6.07, 6.45) is 2.51. The smallest absolute Gasteiger partial charge is 0.416 e. The summed E-state index contributed by atoms with van der Waals surface area (Å²) in [4.78, 5) is 23.8.